The number of likely N-dealkylation sites (tertiary alicyclic amines) is 1. The van der Waals surface area contributed by atoms with Crippen LogP contribution in [0.15, 0.2) is 23.8 Å². The highest BCUT2D eigenvalue weighted by Gasteiger charge is 2.13. The van der Waals surface area contributed by atoms with E-state index in [1.807, 2.05) is 18.2 Å². The summed E-state index contributed by atoms with van der Waals surface area (Å²) >= 11 is 12.3. The van der Waals surface area contributed by atoms with Gasteiger partial charge in [-0.05, 0) is 56.5 Å². The van der Waals surface area contributed by atoms with Crippen LogP contribution in [0.3, 0.4) is 0 Å². The lowest BCUT2D eigenvalue weighted by Gasteiger charge is -2.18. The van der Waals surface area contributed by atoms with Gasteiger partial charge in [0.05, 0.1) is 0 Å². The molecule has 0 amide bonds. The molecule has 1 aliphatic rings. The molecule has 0 spiro atoms. The summed E-state index contributed by atoms with van der Waals surface area (Å²) < 4.78 is 0. The van der Waals surface area contributed by atoms with E-state index in [9.17, 15) is 0 Å². The van der Waals surface area contributed by atoms with Crippen molar-refractivity contribution >= 4 is 29.3 Å². The van der Waals surface area contributed by atoms with Crippen molar-refractivity contribution in [2.75, 3.05) is 19.6 Å². The first-order valence-electron chi connectivity index (χ1n) is 8.06. The average molecular weight is 326 g/mol. The van der Waals surface area contributed by atoms with Crippen LogP contribution >= 0.6 is 23.2 Å². The quantitative estimate of drug-likeness (QED) is 0.551. The SMILES string of the molecule is CCCCCC(=Cc1ccc(Cl)cc1Cl)CN1CCCC1. The molecule has 1 aromatic carbocycles. The number of rotatable bonds is 7. The average Bonchev–Trinajstić information content (AvgIpc) is 2.95. The molecule has 3 heteroatoms. The predicted molar refractivity (Wildman–Crippen MR) is 94.3 cm³/mol. The largest absolute Gasteiger partial charge is 0.299 e. The van der Waals surface area contributed by atoms with Crippen molar-refractivity contribution in [1.82, 2.24) is 4.90 Å². The zero-order chi connectivity index (χ0) is 15.1. The normalized spacial score (nSPS) is 16.6. The van der Waals surface area contributed by atoms with Crippen LogP contribution in [0.25, 0.3) is 6.08 Å². The molecule has 0 aliphatic carbocycles. The Morgan fingerprint density at radius 3 is 2.62 bits per heavy atom. The van der Waals surface area contributed by atoms with E-state index in [0.717, 1.165) is 17.1 Å². The maximum absolute atomic E-state index is 6.31. The summed E-state index contributed by atoms with van der Waals surface area (Å²) in [5.74, 6) is 0. The van der Waals surface area contributed by atoms with E-state index < -0.39 is 0 Å². The van der Waals surface area contributed by atoms with Crippen molar-refractivity contribution in [3.05, 3.63) is 39.4 Å². The van der Waals surface area contributed by atoms with Gasteiger partial charge in [-0.1, -0.05) is 60.7 Å². The summed E-state index contributed by atoms with van der Waals surface area (Å²) in [4.78, 5) is 2.56. The third-order valence-electron chi connectivity index (χ3n) is 4.05. The van der Waals surface area contributed by atoms with Gasteiger partial charge in [-0.15, -0.1) is 0 Å². The van der Waals surface area contributed by atoms with E-state index in [-0.39, 0.29) is 0 Å². The zero-order valence-corrected chi connectivity index (χ0v) is 14.4. The van der Waals surface area contributed by atoms with Crippen molar-refractivity contribution < 1.29 is 0 Å². The van der Waals surface area contributed by atoms with Gasteiger partial charge in [0, 0.05) is 16.6 Å². The second kappa shape index (κ2) is 8.82. The molecule has 0 bridgehead atoms. The molecule has 1 fully saturated rings. The summed E-state index contributed by atoms with van der Waals surface area (Å²) in [5, 5.41) is 1.45. The second-order valence-electron chi connectivity index (χ2n) is 5.91. The first kappa shape index (κ1) is 16.9. The third-order valence-corrected chi connectivity index (χ3v) is 4.61. The summed E-state index contributed by atoms with van der Waals surface area (Å²) in [6.07, 6.45) is 9.94. The van der Waals surface area contributed by atoms with Crippen LogP contribution in [0, 0.1) is 0 Å². The minimum absolute atomic E-state index is 0.698. The predicted octanol–water partition coefficient (Wildman–Crippen LogP) is 6.05. The Hall–Kier alpha value is -0.500. The Kier molecular flexibility index (Phi) is 7.09. The van der Waals surface area contributed by atoms with Gasteiger partial charge in [-0.25, -0.2) is 0 Å². The smallest absolute Gasteiger partial charge is 0.0493 e. The molecular weight excluding hydrogens is 301 g/mol. The molecule has 0 radical (unpaired) electrons. The topological polar surface area (TPSA) is 3.24 Å². The van der Waals surface area contributed by atoms with E-state index in [1.165, 1.54) is 57.2 Å². The van der Waals surface area contributed by atoms with Crippen LogP contribution < -0.4 is 0 Å². The molecule has 0 aromatic heterocycles. The first-order chi connectivity index (χ1) is 10.2. The van der Waals surface area contributed by atoms with Gasteiger partial charge in [0.15, 0.2) is 0 Å². The van der Waals surface area contributed by atoms with Crippen LogP contribution in [-0.2, 0) is 0 Å². The Morgan fingerprint density at radius 1 is 1.19 bits per heavy atom. The van der Waals surface area contributed by atoms with Crippen LogP contribution in [0.1, 0.15) is 51.0 Å². The fourth-order valence-electron chi connectivity index (χ4n) is 2.87. The fourth-order valence-corrected chi connectivity index (χ4v) is 3.33. The van der Waals surface area contributed by atoms with E-state index in [4.69, 9.17) is 23.2 Å². The Labute approximate surface area is 138 Å². The van der Waals surface area contributed by atoms with Crippen LogP contribution in [0.2, 0.25) is 10.0 Å². The number of nitrogens with zero attached hydrogens (tertiary/aromatic N) is 1. The number of hydrogen-bond acceptors (Lipinski definition) is 1. The molecule has 0 saturated carbocycles. The Morgan fingerprint density at radius 2 is 1.95 bits per heavy atom. The molecule has 1 aliphatic heterocycles. The summed E-state index contributed by atoms with van der Waals surface area (Å²) in [6.45, 7) is 5.81. The summed E-state index contributed by atoms with van der Waals surface area (Å²) in [5.41, 5.74) is 2.58. The zero-order valence-electron chi connectivity index (χ0n) is 12.9. The Balaban J connectivity index is 2.09. The van der Waals surface area contributed by atoms with Gasteiger partial charge in [0.25, 0.3) is 0 Å². The van der Waals surface area contributed by atoms with Gasteiger partial charge in [0.2, 0.25) is 0 Å². The molecule has 1 aromatic rings. The van der Waals surface area contributed by atoms with Gasteiger partial charge < -0.3 is 0 Å². The molecule has 0 N–H and O–H groups in total. The molecule has 1 heterocycles. The van der Waals surface area contributed by atoms with Crippen molar-refractivity contribution in [3.63, 3.8) is 0 Å². The van der Waals surface area contributed by atoms with E-state index in [1.54, 1.807) is 0 Å². The molecule has 116 valence electrons. The van der Waals surface area contributed by atoms with Crippen molar-refractivity contribution in [2.45, 2.75) is 45.4 Å². The number of halogens is 2. The van der Waals surface area contributed by atoms with Gasteiger partial charge in [-0.3, -0.25) is 4.90 Å². The van der Waals surface area contributed by atoms with Gasteiger partial charge in [-0.2, -0.15) is 0 Å². The molecule has 2 rings (SSSR count). The Bertz CT molecular complexity index is 476. The highest BCUT2D eigenvalue weighted by atomic mass is 35.5. The highest BCUT2D eigenvalue weighted by Crippen LogP contribution is 2.25. The molecule has 1 saturated heterocycles. The maximum atomic E-state index is 6.31. The van der Waals surface area contributed by atoms with Crippen molar-refractivity contribution in [2.24, 2.45) is 0 Å². The lowest BCUT2D eigenvalue weighted by atomic mass is 10.0. The standard InChI is InChI=1S/C18H25Cl2N/c1-2-3-4-7-15(14-21-10-5-6-11-21)12-16-8-9-17(19)13-18(16)20/h8-9,12-13H,2-7,10-11,14H2,1H3. The maximum Gasteiger partial charge on any atom is 0.0493 e. The minimum atomic E-state index is 0.698. The fraction of sp³-hybridized carbons (Fsp3) is 0.556. The lowest BCUT2D eigenvalue weighted by Crippen LogP contribution is -2.21. The molecule has 1 nitrogen and oxygen atoms in total. The second-order valence-corrected chi connectivity index (χ2v) is 6.75. The summed E-state index contributed by atoms with van der Waals surface area (Å²) in [7, 11) is 0. The highest BCUT2D eigenvalue weighted by molar-refractivity contribution is 6.35. The molecule has 0 unspecified atom stereocenters. The van der Waals surface area contributed by atoms with Crippen molar-refractivity contribution in [3.8, 4) is 0 Å². The van der Waals surface area contributed by atoms with Crippen molar-refractivity contribution in [1.29, 1.82) is 0 Å². The first-order valence-corrected chi connectivity index (χ1v) is 8.81. The van der Waals surface area contributed by atoms with E-state index >= 15 is 0 Å². The van der Waals surface area contributed by atoms with E-state index in [2.05, 4.69) is 17.9 Å². The van der Waals surface area contributed by atoms with E-state index in [0.29, 0.717) is 5.02 Å². The number of unbranched alkanes of at least 4 members (excludes halogenated alkanes) is 2. The molecule has 21 heavy (non-hydrogen) atoms. The minimum Gasteiger partial charge on any atom is -0.299 e. The lowest BCUT2D eigenvalue weighted by molar-refractivity contribution is 0.364. The third kappa shape index (κ3) is 5.65. The van der Waals surface area contributed by atoms with Gasteiger partial charge in [0.1, 0.15) is 0 Å². The molecule has 0 atom stereocenters. The summed E-state index contributed by atoms with van der Waals surface area (Å²) in [6, 6.07) is 5.77. The van der Waals surface area contributed by atoms with Gasteiger partial charge >= 0.3 is 0 Å². The van der Waals surface area contributed by atoms with Crippen LogP contribution in [0.4, 0.5) is 0 Å². The monoisotopic (exact) mass is 325 g/mol. The number of benzene rings is 1. The molecular formula is C18H25Cl2N. The van der Waals surface area contributed by atoms with Crippen LogP contribution in [-0.4, -0.2) is 24.5 Å². The van der Waals surface area contributed by atoms with Crippen LogP contribution in [0.5, 0.6) is 0 Å². The number of hydrogen-bond donors (Lipinski definition) is 0.